The summed E-state index contributed by atoms with van der Waals surface area (Å²) < 4.78 is 10.1. The van der Waals surface area contributed by atoms with Crippen molar-refractivity contribution >= 4 is 8.60 Å². The van der Waals surface area contributed by atoms with Gasteiger partial charge >= 0.3 is 66.8 Å². The molecule has 0 rings (SSSR count). The van der Waals surface area contributed by atoms with Crippen LogP contribution >= 0.6 is 8.60 Å². The molecule has 0 aromatic heterocycles. The van der Waals surface area contributed by atoms with E-state index in [1.165, 1.54) is 0 Å². The minimum Gasteiger partial charge on any atom is -1.00 e. The Morgan fingerprint density at radius 1 is 1.08 bits per heavy atom. The minimum absolute atomic E-state index is 0. The maximum atomic E-state index is 9.17. The maximum absolute atomic E-state index is 9.17. The second kappa shape index (κ2) is 10.6. The second-order valence-corrected chi connectivity index (χ2v) is 4.61. The van der Waals surface area contributed by atoms with Gasteiger partial charge in [0.1, 0.15) is 0 Å². The van der Waals surface area contributed by atoms with Crippen molar-refractivity contribution in [3.63, 3.8) is 0 Å². The van der Waals surface area contributed by atoms with Crippen molar-refractivity contribution in [2.24, 2.45) is 11.8 Å². The Labute approximate surface area is 133 Å². The summed E-state index contributed by atoms with van der Waals surface area (Å²) in [7, 11) is -1.65. The fraction of sp³-hybridized carbons (Fsp3) is 1.00. The van der Waals surface area contributed by atoms with Crippen LogP contribution in [0.4, 0.5) is 0 Å². The van der Waals surface area contributed by atoms with E-state index in [0.29, 0.717) is 25.0 Å². The normalized spacial score (nSPS) is 11.1. The molecule has 1 N–H and O–H groups in total. The molecule has 3 nitrogen and oxygen atoms in total. The van der Waals surface area contributed by atoms with E-state index < -0.39 is 8.60 Å². The molecule has 0 radical (unpaired) electrons. The molecule has 5 heteroatoms. The van der Waals surface area contributed by atoms with Gasteiger partial charge < -0.3 is 15.4 Å². The average Bonchev–Trinajstić information content (AvgIpc) is 1.96. The van der Waals surface area contributed by atoms with E-state index in [-0.39, 0.29) is 59.6 Å². The van der Waals surface area contributed by atoms with Crippen LogP contribution < -0.4 is 58.2 Å². The third-order valence-corrected chi connectivity index (χ3v) is 1.78. The Bertz CT molecular complexity index is 105. The van der Waals surface area contributed by atoms with Gasteiger partial charge in [-0.1, -0.05) is 27.7 Å². The maximum Gasteiger partial charge on any atom is 1.00 e. The minimum atomic E-state index is -1.65. The van der Waals surface area contributed by atoms with Crippen LogP contribution in [-0.2, 0) is 9.05 Å². The summed E-state index contributed by atoms with van der Waals surface area (Å²) in [4.78, 5) is 9.17. The van der Waals surface area contributed by atoms with E-state index in [2.05, 4.69) is 0 Å². The van der Waals surface area contributed by atoms with Gasteiger partial charge in [0.25, 0.3) is 0 Å². The zero-order valence-electron chi connectivity index (χ0n) is 10.3. The molecule has 76 valence electrons. The monoisotopic (exact) mass is 280 g/mol. The van der Waals surface area contributed by atoms with Crippen LogP contribution in [0.3, 0.4) is 0 Å². The van der Waals surface area contributed by atoms with Gasteiger partial charge in [-0.3, -0.25) is 0 Å². The molecule has 0 spiro atoms. The Kier molecular flexibility index (Phi) is 14.3. The zero-order valence-corrected chi connectivity index (χ0v) is 15.1. The van der Waals surface area contributed by atoms with Crippen molar-refractivity contribution in [1.29, 1.82) is 0 Å². The van der Waals surface area contributed by atoms with Crippen LogP contribution in [0.2, 0.25) is 0 Å². The molecule has 0 unspecified atom stereocenters. The van der Waals surface area contributed by atoms with Crippen molar-refractivity contribution in [1.82, 2.24) is 0 Å². The molecule has 0 atom stereocenters. The van der Waals surface area contributed by atoms with Gasteiger partial charge in [-0.15, -0.1) is 0 Å². The summed E-state index contributed by atoms with van der Waals surface area (Å²) in [5.41, 5.74) is 0. The topological polar surface area (TPSA) is 38.7 Å². The van der Waals surface area contributed by atoms with E-state index in [4.69, 9.17) is 13.9 Å². The predicted octanol–water partition coefficient (Wildman–Crippen LogP) is -0.333. The molecule has 0 heterocycles. The van der Waals surface area contributed by atoms with Crippen LogP contribution in [0, 0.1) is 11.8 Å². The van der Waals surface area contributed by atoms with Crippen molar-refractivity contribution in [3.8, 4) is 0 Å². The molecule has 0 bridgehead atoms. The van der Waals surface area contributed by atoms with E-state index >= 15 is 0 Å². The van der Waals surface area contributed by atoms with Crippen molar-refractivity contribution < 1.29 is 73.6 Å². The fourth-order valence-electron chi connectivity index (χ4n) is 0.463. The smallest absolute Gasteiger partial charge is 1.00 e. The molecule has 0 saturated heterocycles. The third kappa shape index (κ3) is 14.1. The Morgan fingerprint density at radius 3 is 1.62 bits per heavy atom. The van der Waals surface area contributed by atoms with E-state index in [9.17, 15) is 0 Å². The third-order valence-electron chi connectivity index (χ3n) is 1.04. The van der Waals surface area contributed by atoms with Crippen LogP contribution in [0.25, 0.3) is 0 Å². The van der Waals surface area contributed by atoms with Crippen LogP contribution in [-0.4, -0.2) is 18.1 Å². The molecule has 0 aliphatic heterocycles. The standard InChI is InChI=1S/C8H19O3P.Rb.H/c1-7(2)5-10-12(9)11-6-8(3)4;;/h7-9H,5-6H2,1-4H3;;/q;+1;-1. The van der Waals surface area contributed by atoms with E-state index in [1.54, 1.807) is 0 Å². The second-order valence-electron chi connectivity index (χ2n) is 3.62. The van der Waals surface area contributed by atoms with Gasteiger partial charge in [-0.05, 0) is 11.8 Å². The van der Waals surface area contributed by atoms with Crippen molar-refractivity contribution in [3.05, 3.63) is 0 Å². The first-order chi connectivity index (χ1) is 5.52. The SMILES string of the molecule is CC(C)COP(O)OCC(C)C.[H-].[Rb+]. The van der Waals surface area contributed by atoms with Crippen molar-refractivity contribution in [2.75, 3.05) is 13.2 Å². The molecule has 0 amide bonds. The van der Waals surface area contributed by atoms with Crippen molar-refractivity contribution in [2.45, 2.75) is 27.7 Å². The molecule has 0 saturated carbocycles. The summed E-state index contributed by atoms with van der Waals surface area (Å²) in [5, 5.41) is 0. The van der Waals surface area contributed by atoms with Gasteiger partial charge in [0.15, 0.2) is 0 Å². The summed E-state index contributed by atoms with van der Waals surface area (Å²) in [6.07, 6.45) is 0. The van der Waals surface area contributed by atoms with Crippen LogP contribution in [0.5, 0.6) is 0 Å². The summed E-state index contributed by atoms with van der Waals surface area (Å²) in [6, 6.07) is 0. The Morgan fingerprint density at radius 2 is 1.38 bits per heavy atom. The number of hydrogen-bond donors (Lipinski definition) is 1. The zero-order chi connectivity index (χ0) is 9.56. The molecular weight excluding hydrogens is 261 g/mol. The fourth-order valence-corrected chi connectivity index (χ4v) is 1.39. The van der Waals surface area contributed by atoms with E-state index in [1.807, 2.05) is 27.7 Å². The molecule has 0 aromatic rings. The van der Waals surface area contributed by atoms with Gasteiger partial charge in [0.2, 0.25) is 0 Å². The number of hydrogen-bond acceptors (Lipinski definition) is 3. The number of rotatable bonds is 6. The van der Waals surface area contributed by atoms with Gasteiger partial charge in [-0.2, -0.15) is 0 Å². The quantitative estimate of drug-likeness (QED) is 0.677. The first kappa shape index (κ1) is 17.5. The largest absolute Gasteiger partial charge is 1.00 e. The predicted molar refractivity (Wildman–Crippen MR) is 51.8 cm³/mol. The Balaban J connectivity index is -0.000000605. The van der Waals surface area contributed by atoms with Gasteiger partial charge in [-0.25, -0.2) is 0 Å². The van der Waals surface area contributed by atoms with Crippen LogP contribution in [0.1, 0.15) is 29.1 Å². The summed E-state index contributed by atoms with van der Waals surface area (Å²) >= 11 is 0. The molecule has 13 heavy (non-hydrogen) atoms. The average molecular weight is 281 g/mol. The van der Waals surface area contributed by atoms with Gasteiger partial charge in [0, 0.05) is 0 Å². The summed E-state index contributed by atoms with van der Waals surface area (Å²) in [6.45, 7) is 9.25. The first-order valence-corrected chi connectivity index (χ1v) is 5.40. The van der Waals surface area contributed by atoms with Gasteiger partial charge in [0.05, 0.1) is 13.2 Å². The first-order valence-electron chi connectivity index (χ1n) is 4.27. The molecular formula is C8H20O3PRb. The van der Waals surface area contributed by atoms with E-state index in [0.717, 1.165) is 0 Å². The van der Waals surface area contributed by atoms with Crippen LogP contribution in [0.15, 0.2) is 0 Å². The molecule has 0 aliphatic rings. The molecule has 0 aliphatic carbocycles. The molecule has 0 fully saturated rings. The Hall–Kier alpha value is 2.12. The summed E-state index contributed by atoms with van der Waals surface area (Å²) in [5.74, 6) is 0.870. The molecule has 0 aromatic carbocycles.